The van der Waals surface area contributed by atoms with E-state index in [4.69, 9.17) is 4.74 Å². The van der Waals surface area contributed by atoms with Gasteiger partial charge in [0.25, 0.3) is 11.1 Å². The van der Waals surface area contributed by atoms with Gasteiger partial charge in [0.2, 0.25) is 5.95 Å². The van der Waals surface area contributed by atoms with E-state index in [1.54, 1.807) is 23.2 Å². The van der Waals surface area contributed by atoms with Crippen molar-refractivity contribution >= 4 is 41.0 Å². The minimum absolute atomic E-state index is 0.301. The molecule has 3 rings (SSSR count). The number of imide groups is 1. The van der Waals surface area contributed by atoms with Crippen LogP contribution >= 0.6 is 11.8 Å². The molecule has 1 aromatic rings. The average Bonchev–Trinajstić information content (AvgIpc) is 2.84. The van der Waals surface area contributed by atoms with Crippen LogP contribution in [0.25, 0.3) is 6.08 Å². The van der Waals surface area contributed by atoms with E-state index in [2.05, 4.69) is 9.97 Å². The van der Waals surface area contributed by atoms with Crippen LogP contribution in [0.4, 0.5) is 15.5 Å². The number of hydrogen-bond donors (Lipinski definition) is 0. The molecule has 9 nitrogen and oxygen atoms in total. The van der Waals surface area contributed by atoms with Gasteiger partial charge in [0.1, 0.15) is 5.60 Å². The summed E-state index contributed by atoms with van der Waals surface area (Å²) in [6.45, 7) is 7.94. The number of thioether (sulfide) groups is 1. The molecule has 3 amide bonds. The van der Waals surface area contributed by atoms with Crippen molar-refractivity contribution in [2.24, 2.45) is 0 Å². The Kier molecular flexibility index (Phi) is 6.11. The summed E-state index contributed by atoms with van der Waals surface area (Å²) in [5, 5.41) is -0.301. The van der Waals surface area contributed by atoms with Crippen molar-refractivity contribution in [2.75, 3.05) is 38.1 Å². The van der Waals surface area contributed by atoms with E-state index < -0.39 is 5.60 Å². The lowest BCUT2D eigenvalue weighted by atomic mass is 10.2. The quantitative estimate of drug-likeness (QED) is 0.675. The van der Waals surface area contributed by atoms with Crippen molar-refractivity contribution in [2.45, 2.75) is 32.8 Å². The summed E-state index contributed by atoms with van der Waals surface area (Å²) in [5.74, 6) is 0.198. The molecule has 2 saturated heterocycles. The summed E-state index contributed by atoms with van der Waals surface area (Å²) in [6.07, 6.45) is 3.68. The number of carbonyl (C=O) groups excluding carboxylic acids is 3. The normalized spacial score (nSPS) is 19.7. The van der Waals surface area contributed by atoms with Crippen molar-refractivity contribution in [3.63, 3.8) is 0 Å². The van der Waals surface area contributed by atoms with Gasteiger partial charge in [-0.3, -0.25) is 14.5 Å². The lowest BCUT2D eigenvalue weighted by Crippen LogP contribution is -2.39. The smallest absolute Gasteiger partial charge is 0.410 e. The molecule has 0 aromatic carbocycles. The molecule has 10 heteroatoms. The van der Waals surface area contributed by atoms with Crippen LogP contribution in [0.15, 0.2) is 17.2 Å². The van der Waals surface area contributed by atoms with Crippen molar-refractivity contribution in [3.8, 4) is 0 Å². The predicted octanol–water partition coefficient (Wildman–Crippen LogP) is 2.59. The molecule has 0 unspecified atom stereocenters. The van der Waals surface area contributed by atoms with Gasteiger partial charge in [-0.15, -0.1) is 0 Å². The molecule has 0 atom stereocenters. The van der Waals surface area contributed by atoms with E-state index in [0.29, 0.717) is 42.7 Å². The zero-order chi connectivity index (χ0) is 21.2. The second kappa shape index (κ2) is 8.40. The van der Waals surface area contributed by atoms with E-state index >= 15 is 0 Å². The van der Waals surface area contributed by atoms with Crippen LogP contribution in [0.3, 0.4) is 0 Å². The van der Waals surface area contributed by atoms with Gasteiger partial charge in [-0.05, 0) is 51.1 Å². The molecular weight excluding hydrogens is 394 g/mol. The molecule has 0 bridgehead atoms. The minimum atomic E-state index is -0.529. The number of aromatic nitrogens is 2. The molecule has 156 valence electrons. The summed E-state index contributed by atoms with van der Waals surface area (Å²) in [5.41, 5.74) is 0.0290. The number of nitrogens with zero attached hydrogens (tertiary/aromatic N) is 5. The van der Waals surface area contributed by atoms with E-state index in [1.165, 1.54) is 7.05 Å². The lowest BCUT2D eigenvalue weighted by Gasteiger charge is -2.26. The number of amides is 3. The maximum absolute atomic E-state index is 12.3. The first-order chi connectivity index (χ1) is 13.6. The van der Waals surface area contributed by atoms with E-state index in [1.807, 2.05) is 25.7 Å². The molecule has 1 aromatic heterocycles. The average molecular weight is 420 g/mol. The van der Waals surface area contributed by atoms with Crippen LogP contribution in [0.5, 0.6) is 0 Å². The third kappa shape index (κ3) is 5.26. The molecular formula is C19H25N5O4S. The van der Waals surface area contributed by atoms with Crippen LogP contribution in [0, 0.1) is 0 Å². The Morgan fingerprint density at radius 1 is 1.21 bits per heavy atom. The fourth-order valence-electron chi connectivity index (χ4n) is 2.90. The Balaban J connectivity index is 1.69. The van der Waals surface area contributed by atoms with Crippen molar-refractivity contribution < 1.29 is 19.1 Å². The van der Waals surface area contributed by atoms with Crippen molar-refractivity contribution in [1.82, 2.24) is 19.8 Å². The number of hydrogen-bond acceptors (Lipinski definition) is 8. The van der Waals surface area contributed by atoms with Gasteiger partial charge in [-0.2, -0.15) is 0 Å². The Morgan fingerprint density at radius 2 is 1.97 bits per heavy atom. The van der Waals surface area contributed by atoms with Crippen LogP contribution in [0.1, 0.15) is 32.9 Å². The molecule has 0 radical (unpaired) electrons. The summed E-state index contributed by atoms with van der Waals surface area (Å²) in [4.78, 5) is 50.0. The summed E-state index contributed by atoms with van der Waals surface area (Å²) in [7, 11) is 1.46. The van der Waals surface area contributed by atoms with Crippen LogP contribution in [-0.2, 0) is 9.53 Å². The minimum Gasteiger partial charge on any atom is -0.444 e. The highest BCUT2D eigenvalue weighted by Crippen LogP contribution is 2.30. The van der Waals surface area contributed by atoms with Gasteiger partial charge in [0.15, 0.2) is 0 Å². The Morgan fingerprint density at radius 3 is 2.62 bits per heavy atom. The lowest BCUT2D eigenvalue weighted by molar-refractivity contribution is -0.121. The highest BCUT2D eigenvalue weighted by atomic mass is 32.2. The zero-order valence-electron chi connectivity index (χ0n) is 17.0. The molecule has 29 heavy (non-hydrogen) atoms. The fraction of sp³-hybridized carbons (Fsp3) is 0.526. The fourth-order valence-corrected chi connectivity index (χ4v) is 3.71. The van der Waals surface area contributed by atoms with Crippen molar-refractivity contribution in [1.29, 1.82) is 0 Å². The number of rotatable bonds is 2. The van der Waals surface area contributed by atoms with Gasteiger partial charge in [-0.1, -0.05) is 0 Å². The Bertz CT molecular complexity index is 851. The highest BCUT2D eigenvalue weighted by molar-refractivity contribution is 8.18. The topological polar surface area (TPSA) is 95.9 Å². The first-order valence-corrected chi connectivity index (χ1v) is 10.2. The van der Waals surface area contributed by atoms with Crippen molar-refractivity contribution in [3.05, 3.63) is 22.9 Å². The number of anilines is 1. The maximum Gasteiger partial charge on any atom is 0.410 e. The van der Waals surface area contributed by atoms with Crippen LogP contribution in [-0.4, -0.2) is 75.8 Å². The number of likely N-dealkylation sites (N-methyl/N-ethyl adjacent to an activating group) is 1. The summed E-state index contributed by atoms with van der Waals surface area (Å²) in [6, 6.07) is 1.69. The third-order valence-electron chi connectivity index (χ3n) is 4.36. The highest BCUT2D eigenvalue weighted by Gasteiger charge is 2.32. The second-order valence-corrected chi connectivity index (χ2v) is 8.82. The number of ether oxygens (including phenoxy) is 1. The van der Waals surface area contributed by atoms with Gasteiger partial charge in [0.05, 0.1) is 10.6 Å². The molecule has 2 aliphatic heterocycles. The molecule has 0 saturated carbocycles. The maximum atomic E-state index is 12.3. The monoisotopic (exact) mass is 419 g/mol. The van der Waals surface area contributed by atoms with Gasteiger partial charge >= 0.3 is 6.09 Å². The molecule has 2 fully saturated rings. The van der Waals surface area contributed by atoms with E-state index in [9.17, 15) is 14.4 Å². The Labute approximate surface area is 174 Å². The molecule has 0 spiro atoms. The van der Waals surface area contributed by atoms with Gasteiger partial charge < -0.3 is 14.5 Å². The van der Waals surface area contributed by atoms with Gasteiger partial charge in [0, 0.05) is 39.4 Å². The predicted molar refractivity (Wildman–Crippen MR) is 110 cm³/mol. The summed E-state index contributed by atoms with van der Waals surface area (Å²) < 4.78 is 5.46. The largest absolute Gasteiger partial charge is 0.444 e. The Hall–Kier alpha value is -2.62. The molecule has 3 heterocycles. The van der Waals surface area contributed by atoms with E-state index in [-0.39, 0.29) is 17.2 Å². The SMILES string of the molecule is CN1C(=O)S/C(=C\c2ccnc(N3CCCN(C(=O)OC(C)(C)C)CC3)n2)C1=O. The molecule has 2 aliphatic rings. The van der Waals surface area contributed by atoms with Crippen LogP contribution < -0.4 is 4.90 Å². The van der Waals surface area contributed by atoms with Crippen LogP contribution in [0.2, 0.25) is 0 Å². The number of carbonyl (C=O) groups is 3. The molecule has 0 aliphatic carbocycles. The summed E-state index contributed by atoms with van der Waals surface area (Å²) >= 11 is 0.896. The third-order valence-corrected chi connectivity index (χ3v) is 5.32. The second-order valence-electron chi connectivity index (χ2n) is 7.83. The standard InChI is InChI=1S/C19H25N5O4S/c1-19(2,3)28-17(26)24-9-5-8-23(10-11-24)16-20-7-6-13(21-16)12-14-15(25)22(4)18(27)29-14/h6-7,12H,5,8-11H2,1-4H3/b14-12-. The first-order valence-electron chi connectivity index (χ1n) is 9.41. The van der Waals surface area contributed by atoms with E-state index in [0.717, 1.165) is 23.1 Å². The zero-order valence-corrected chi connectivity index (χ0v) is 17.9. The first kappa shape index (κ1) is 21.1. The molecule has 0 N–H and O–H groups in total. The van der Waals surface area contributed by atoms with Gasteiger partial charge in [-0.25, -0.2) is 14.8 Å².